The van der Waals surface area contributed by atoms with Gasteiger partial charge in [0, 0.05) is 18.4 Å². The molecule has 2 aromatic rings. The Morgan fingerprint density at radius 2 is 2.07 bits per heavy atom. The topological polar surface area (TPSA) is 25.2 Å². The van der Waals surface area contributed by atoms with Crippen LogP contribution in [-0.2, 0) is 6.42 Å². The third-order valence-corrected chi connectivity index (χ3v) is 2.80. The molecule has 0 atom stereocenters. The minimum absolute atomic E-state index is 1.01. The van der Waals surface area contributed by atoms with Crippen LogP contribution in [0.15, 0.2) is 28.7 Å². The minimum Gasteiger partial charge on any atom is -0.459 e. The van der Waals surface area contributed by atoms with E-state index in [1.807, 2.05) is 12.1 Å². The fraction of sp³-hybridized carbons (Fsp3) is 0.333. The maximum absolute atomic E-state index is 5.81. The molecule has 0 saturated carbocycles. The molecule has 2 heterocycles. The lowest BCUT2D eigenvalue weighted by Gasteiger charge is -1.99. The van der Waals surface area contributed by atoms with E-state index in [1.165, 1.54) is 23.9 Å². The number of hydrogen-bond donors (Lipinski definition) is 1. The fourth-order valence-corrected chi connectivity index (χ4v) is 2.09. The van der Waals surface area contributed by atoms with E-state index in [-0.39, 0.29) is 0 Å². The van der Waals surface area contributed by atoms with E-state index in [0.29, 0.717) is 0 Å². The molecule has 3 rings (SSSR count). The first kappa shape index (κ1) is 7.92. The Hall–Kier alpha value is -1.44. The number of furan rings is 1. The number of benzene rings is 1. The van der Waals surface area contributed by atoms with E-state index in [9.17, 15) is 0 Å². The van der Waals surface area contributed by atoms with Gasteiger partial charge < -0.3 is 9.73 Å². The Morgan fingerprint density at radius 1 is 1.14 bits per heavy atom. The van der Waals surface area contributed by atoms with Crippen molar-refractivity contribution < 1.29 is 4.42 Å². The summed E-state index contributed by atoms with van der Waals surface area (Å²) in [5.74, 6) is 1.13. The summed E-state index contributed by atoms with van der Waals surface area (Å²) >= 11 is 0. The second-order valence-corrected chi connectivity index (χ2v) is 3.78. The highest BCUT2D eigenvalue weighted by atomic mass is 16.3. The van der Waals surface area contributed by atoms with Crippen molar-refractivity contribution >= 4 is 16.7 Å². The average molecular weight is 187 g/mol. The molecule has 1 N–H and O–H groups in total. The Labute approximate surface area is 82.9 Å². The van der Waals surface area contributed by atoms with Crippen LogP contribution in [0.25, 0.3) is 11.0 Å². The molecular formula is C12H13NO. The van der Waals surface area contributed by atoms with Gasteiger partial charge in [-0.1, -0.05) is 12.1 Å². The van der Waals surface area contributed by atoms with Gasteiger partial charge in [0.1, 0.15) is 11.3 Å². The summed E-state index contributed by atoms with van der Waals surface area (Å²) in [6, 6.07) is 8.23. The van der Waals surface area contributed by atoms with Gasteiger partial charge in [0.2, 0.25) is 0 Å². The van der Waals surface area contributed by atoms with Gasteiger partial charge >= 0.3 is 0 Å². The third-order valence-electron chi connectivity index (χ3n) is 2.80. The van der Waals surface area contributed by atoms with Gasteiger partial charge in [-0.05, 0) is 25.0 Å². The highest BCUT2D eigenvalue weighted by Crippen LogP contribution is 2.33. The molecule has 1 aromatic heterocycles. The van der Waals surface area contributed by atoms with Crippen LogP contribution >= 0.6 is 0 Å². The maximum atomic E-state index is 5.81. The predicted octanol–water partition coefficient (Wildman–Crippen LogP) is 3.18. The highest BCUT2D eigenvalue weighted by molar-refractivity contribution is 5.92. The Bertz CT molecular complexity index is 458. The molecule has 0 amide bonds. The average Bonchev–Trinajstić information content (AvgIpc) is 2.42. The molecule has 0 fully saturated rings. The first-order valence-corrected chi connectivity index (χ1v) is 5.19. The molecule has 0 saturated heterocycles. The Balaban J connectivity index is 2.24. The highest BCUT2D eigenvalue weighted by Gasteiger charge is 2.15. The minimum atomic E-state index is 1.01. The van der Waals surface area contributed by atoms with Gasteiger partial charge in [-0.15, -0.1) is 0 Å². The molecule has 1 aliphatic heterocycles. The van der Waals surface area contributed by atoms with Crippen LogP contribution < -0.4 is 5.32 Å². The number of para-hydroxylation sites is 1. The monoisotopic (exact) mass is 187 g/mol. The quantitative estimate of drug-likeness (QED) is 0.685. The summed E-state index contributed by atoms with van der Waals surface area (Å²) in [6.45, 7) is 1.07. The largest absolute Gasteiger partial charge is 0.459 e. The van der Waals surface area contributed by atoms with Crippen molar-refractivity contribution in [2.24, 2.45) is 0 Å². The predicted molar refractivity (Wildman–Crippen MR) is 57.6 cm³/mol. The van der Waals surface area contributed by atoms with Crippen molar-refractivity contribution in [2.45, 2.75) is 19.3 Å². The number of nitrogens with one attached hydrogen (secondary N) is 1. The van der Waals surface area contributed by atoms with Gasteiger partial charge in [-0.2, -0.15) is 0 Å². The van der Waals surface area contributed by atoms with Crippen LogP contribution in [0.2, 0.25) is 0 Å². The second kappa shape index (κ2) is 3.05. The second-order valence-electron chi connectivity index (χ2n) is 3.78. The zero-order valence-electron chi connectivity index (χ0n) is 8.05. The zero-order chi connectivity index (χ0) is 9.38. The molecule has 2 heteroatoms. The van der Waals surface area contributed by atoms with Crippen LogP contribution in [0.5, 0.6) is 0 Å². The van der Waals surface area contributed by atoms with Crippen LogP contribution in [0.1, 0.15) is 18.6 Å². The SMILES string of the molecule is c1ccc2c3c(oc2c1)CCCCN3. The van der Waals surface area contributed by atoms with E-state index in [0.717, 1.165) is 24.3 Å². The van der Waals surface area contributed by atoms with Gasteiger partial charge in [0.05, 0.1) is 5.69 Å². The van der Waals surface area contributed by atoms with E-state index < -0.39 is 0 Å². The molecule has 0 aliphatic carbocycles. The van der Waals surface area contributed by atoms with Crippen LogP contribution in [-0.4, -0.2) is 6.54 Å². The lowest BCUT2D eigenvalue weighted by atomic mass is 10.2. The molecule has 2 nitrogen and oxygen atoms in total. The molecule has 0 radical (unpaired) electrons. The number of hydrogen-bond acceptors (Lipinski definition) is 2. The Morgan fingerprint density at radius 3 is 3.07 bits per heavy atom. The van der Waals surface area contributed by atoms with Crippen molar-refractivity contribution in [3.8, 4) is 0 Å². The normalized spacial score (nSPS) is 16.0. The maximum Gasteiger partial charge on any atom is 0.136 e. The molecule has 1 aliphatic rings. The number of rotatable bonds is 0. The standard InChI is InChI=1S/C12H13NO/c1-2-6-10-9(5-1)12-11(14-10)7-3-4-8-13-12/h1-2,5-6,13H,3-4,7-8H2. The van der Waals surface area contributed by atoms with Gasteiger partial charge in [-0.3, -0.25) is 0 Å². The van der Waals surface area contributed by atoms with E-state index in [2.05, 4.69) is 17.4 Å². The smallest absolute Gasteiger partial charge is 0.136 e. The first-order chi connectivity index (χ1) is 6.95. The van der Waals surface area contributed by atoms with Gasteiger partial charge in [-0.25, -0.2) is 0 Å². The summed E-state index contributed by atoms with van der Waals surface area (Å²) in [5.41, 5.74) is 2.23. The van der Waals surface area contributed by atoms with Gasteiger partial charge in [0.15, 0.2) is 0 Å². The third kappa shape index (κ3) is 1.10. The van der Waals surface area contributed by atoms with Crippen LogP contribution in [0, 0.1) is 0 Å². The van der Waals surface area contributed by atoms with E-state index >= 15 is 0 Å². The van der Waals surface area contributed by atoms with Crippen molar-refractivity contribution in [3.05, 3.63) is 30.0 Å². The fourth-order valence-electron chi connectivity index (χ4n) is 2.09. The molecule has 72 valence electrons. The molecular weight excluding hydrogens is 174 g/mol. The van der Waals surface area contributed by atoms with Gasteiger partial charge in [0.25, 0.3) is 0 Å². The van der Waals surface area contributed by atoms with Crippen molar-refractivity contribution in [2.75, 3.05) is 11.9 Å². The molecule has 14 heavy (non-hydrogen) atoms. The zero-order valence-corrected chi connectivity index (χ0v) is 8.05. The lowest BCUT2D eigenvalue weighted by Crippen LogP contribution is -1.97. The van der Waals surface area contributed by atoms with E-state index in [4.69, 9.17) is 4.42 Å². The summed E-state index contributed by atoms with van der Waals surface area (Å²) in [6.07, 6.45) is 3.52. The van der Waals surface area contributed by atoms with Crippen molar-refractivity contribution in [3.63, 3.8) is 0 Å². The van der Waals surface area contributed by atoms with Crippen molar-refractivity contribution in [1.29, 1.82) is 0 Å². The summed E-state index contributed by atoms with van der Waals surface area (Å²) in [4.78, 5) is 0. The van der Waals surface area contributed by atoms with Crippen molar-refractivity contribution in [1.82, 2.24) is 0 Å². The van der Waals surface area contributed by atoms with Crippen LogP contribution in [0.3, 0.4) is 0 Å². The molecule has 0 spiro atoms. The summed E-state index contributed by atoms with van der Waals surface area (Å²) in [7, 11) is 0. The van der Waals surface area contributed by atoms with E-state index in [1.54, 1.807) is 0 Å². The lowest BCUT2D eigenvalue weighted by molar-refractivity contribution is 0.543. The molecule has 1 aromatic carbocycles. The number of anilines is 1. The summed E-state index contributed by atoms with van der Waals surface area (Å²) < 4.78 is 5.81. The number of aryl methyl sites for hydroxylation is 1. The number of fused-ring (bicyclic) bond motifs is 3. The van der Waals surface area contributed by atoms with Crippen LogP contribution in [0.4, 0.5) is 5.69 Å². The molecule has 0 bridgehead atoms. The molecule has 0 unspecified atom stereocenters. The Kier molecular flexibility index (Phi) is 1.72. The first-order valence-electron chi connectivity index (χ1n) is 5.19. The summed E-state index contributed by atoms with van der Waals surface area (Å²) in [5, 5.41) is 4.68.